The summed E-state index contributed by atoms with van der Waals surface area (Å²) in [5.41, 5.74) is -1.22. The fourth-order valence-corrected chi connectivity index (χ4v) is 5.40. The van der Waals surface area contributed by atoms with Gasteiger partial charge in [-0.3, -0.25) is 19.4 Å². The van der Waals surface area contributed by atoms with Gasteiger partial charge in [0.25, 0.3) is 5.91 Å². The Morgan fingerprint density at radius 3 is 2.27 bits per heavy atom. The van der Waals surface area contributed by atoms with Gasteiger partial charge in [-0.25, -0.2) is 9.78 Å². The summed E-state index contributed by atoms with van der Waals surface area (Å²) in [7, 11) is 0. The van der Waals surface area contributed by atoms with E-state index in [2.05, 4.69) is 20.6 Å². The van der Waals surface area contributed by atoms with Gasteiger partial charge in [0.15, 0.2) is 0 Å². The average molecular weight is 516 g/mol. The van der Waals surface area contributed by atoms with Gasteiger partial charge in [0.1, 0.15) is 23.8 Å². The summed E-state index contributed by atoms with van der Waals surface area (Å²) in [6, 6.07) is -2.50. The minimum Gasteiger partial charge on any atom is -0.464 e. The summed E-state index contributed by atoms with van der Waals surface area (Å²) in [6.45, 7) is 13.6. The van der Waals surface area contributed by atoms with E-state index in [9.17, 15) is 19.2 Å². The van der Waals surface area contributed by atoms with Crippen LogP contribution in [-0.2, 0) is 19.1 Å². The van der Waals surface area contributed by atoms with E-state index in [0.29, 0.717) is 6.54 Å². The van der Waals surface area contributed by atoms with Gasteiger partial charge in [0.2, 0.25) is 11.8 Å². The van der Waals surface area contributed by atoms with Crippen LogP contribution in [0.2, 0.25) is 0 Å². The highest BCUT2D eigenvalue weighted by atomic mass is 16.5. The predicted octanol–water partition coefficient (Wildman–Crippen LogP) is 2.34. The Morgan fingerprint density at radius 2 is 1.70 bits per heavy atom. The Bertz CT molecular complexity index is 1000. The van der Waals surface area contributed by atoms with Crippen LogP contribution in [0.25, 0.3) is 0 Å². The van der Waals surface area contributed by atoms with Crippen LogP contribution in [0.3, 0.4) is 0 Å². The lowest BCUT2D eigenvalue weighted by Gasteiger charge is -2.38. The molecule has 0 aromatic carbocycles. The monoisotopic (exact) mass is 515 g/mol. The Kier molecular flexibility index (Phi) is 8.59. The zero-order valence-electron chi connectivity index (χ0n) is 23.0. The molecular weight excluding hydrogens is 474 g/mol. The molecule has 1 aliphatic heterocycles. The molecule has 3 amide bonds. The van der Waals surface area contributed by atoms with Crippen molar-refractivity contribution in [2.75, 3.05) is 13.2 Å². The zero-order chi connectivity index (χ0) is 27.5. The maximum absolute atomic E-state index is 14.0. The topological polar surface area (TPSA) is 131 Å². The van der Waals surface area contributed by atoms with Crippen LogP contribution < -0.4 is 10.6 Å². The SMILES string of the molecule is CCOC(=O)C1[C@H]2CCC[C@H]2CN1C(=O)[C@@H](NC(=O)[C@@H](NC(=O)c1cnccn1)C(C)(C)C)C(C)(C)C. The van der Waals surface area contributed by atoms with E-state index in [-0.39, 0.29) is 36.0 Å². The fourth-order valence-electron chi connectivity index (χ4n) is 5.40. The number of likely N-dealkylation sites (tertiary alicyclic amines) is 1. The standard InChI is InChI=1S/C27H41N5O5/c1-8-37-25(36)19-17-11-9-10-16(17)15-32(19)24(35)21(27(5,6)7)31-23(34)20(26(2,3)4)30-22(33)18-14-28-12-13-29-18/h12-14,16-17,19-21H,8-11,15H2,1-7H3,(H,30,33)(H,31,34)/t16-,17-,19?,20+,21+/m0/s1. The van der Waals surface area contributed by atoms with E-state index < -0.39 is 40.8 Å². The van der Waals surface area contributed by atoms with Gasteiger partial charge in [-0.15, -0.1) is 0 Å². The molecule has 204 valence electrons. The van der Waals surface area contributed by atoms with Gasteiger partial charge in [0, 0.05) is 18.9 Å². The number of nitrogens with zero attached hydrogens (tertiary/aromatic N) is 3. The third kappa shape index (κ3) is 6.45. The second-order valence-corrected chi connectivity index (χ2v) is 12.2. The van der Waals surface area contributed by atoms with Crippen molar-refractivity contribution in [1.82, 2.24) is 25.5 Å². The minimum absolute atomic E-state index is 0.0768. The molecule has 5 atom stereocenters. The molecule has 3 rings (SSSR count). The first-order valence-electron chi connectivity index (χ1n) is 13.1. The number of ether oxygens (including phenoxy) is 1. The van der Waals surface area contributed by atoms with Gasteiger partial charge in [0.05, 0.1) is 12.8 Å². The number of aromatic nitrogens is 2. The number of nitrogens with one attached hydrogen (secondary N) is 2. The summed E-state index contributed by atoms with van der Waals surface area (Å²) in [6.07, 6.45) is 7.07. The second kappa shape index (κ2) is 11.1. The van der Waals surface area contributed by atoms with Crippen molar-refractivity contribution in [3.63, 3.8) is 0 Å². The molecule has 1 aliphatic carbocycles. The molecule has 2 fully saturated rings. The van der Waals surface area contributed by atoms with Crippen molar-refractivity contribution in [2.45, 2.75) is 85.9 Å². The Morgan fingerprint density at radius 1 is 1.03 bits per heavy atom. The predicted molar refractivity (Wildman–Crippen MR) is 137 cm³/mol. The molecule has 10 heteroatoms. The average Bonchev–Trinajstić information content (AvgIpc) is 3.41. The Hall–Kier alpha value is -3.04. The molecule has 2 aliphatic rings. The van der Waals surface area contributed by atoms with Gasteiger partial charge < -0.3 is 20.3 Å². The molecule has 0 bridgehead atoms. The highest BCUT2D eigenvalue weighted by Gasteiger charge is 2.52. The molecule has 0 radical (unpaired) electrons. The van der Waals surface area contributed by atoms with Crippen LogP contribution in [0.4, 0.5) is 0 Å². The second-order valence-electron chi connectivity index (χ2n) is 12.2. The van der Waals surface area contributed by atoms with Crippen molar-refractivity contribution < 1.29 is 23.9 Å². The van der Waals surface area contributed by atoms with Crippen molar-refractivity contribution in [2.24, 2.45) is 22.7 Å². The molecule has 1 aromatic rings. The third-order valence-corrected chi connectivity index (χ3v) is 7.30. The van der Waals surface area contributed by atoms with Crippen molar-refractivity contribution >= 4 is 23.7 Å². The maximum atomic E-state index is 14.0. The van der Waals surface area contributed by atoms with E-state index in [0.717, 1.165) is 19.3 Å². The lowest BCUT2D eigenvalue weighted by atomic mass is 9.83. The summed E-state index contributed by atoms with van der Waals surface area (Å²) in [4.78, 5) is 62.9. The molecule has 1 aromatic heterocycles. The quantitative estimate of drug-likeness (QED) is 0.533. The first-order valence-corrected chi connectivity index (χ1v) is 13.1. The first-order chi connectivity index (χ1) is 17.3. The molecule has 1 unspecified atom stereocenters. The number of hydrogen-bond acceptors (Lipinski definition) is 7. The molecule has 1 saturated carbocycles. The molecule has 37 heavy (non-hydrogen) atoms. The number of fused-ring (bicyclic) bond motifs is 1. The van der Waals surface area contributed by atoms with Crippen LogP contribution in [0.15, 0.2) is 18.6 Å². The van der Waals surface area contributed by atoms with E-state index in [1.165, 1.54) is 18.6 Å². The zero-order valence-corrected chi connectivity index (χ0v) is 23.0. The Labute approximate surface area is 219 Å². The Balaban J connectivity index is 1.85. The van der Waals surface area contributed by atoms with Crippen LogP contribution in [-0.4, -0.2) is 69.8 Å². The fraction of sp³-hybridized carbons (Fsp3) is 0.704. The van der Waals surface area contributed by atoms with Crippen molar-refractivity contribution in [1.29, 1.82) is 0 Å². The molecule has 1 saturated heterocycles. The lowest BCUT2D eigenvalue weighted by molar-refractivity contribution is -0.156. The summed E-state index contributed by atoms with van der Waals surface area (Å²) < 4.78 is 5.35. The summed E-state index contributed by atoms with van der Waals surface area (Å²) in [5, 5.41) is 5.68. The molecule has 0 spiro atoms. The highest BCUT2D eigenvalue weighted by molar-refractivity contribution is 5.98. The largest absolute Gasteiger partial charge is 0.464 e. The van der Waals surface area contributed by atoms with Crippen LogP contribution >= 0.6 is 0 Å². The van der Waals surface area contributed by atoms with Crippen LogP contribution in [0.1, 0.15) is 78.2 Å². The normalized spacial score (nSPS) is 23.1. The smallest absolute Gasteiger partial charge is 0.329 e. The minimum atomic E-state index is -0.946. The van der Waals surface area contributed by atoms with E-state index in [1.807, 2.05) is 41.5 Å². The number of hydrogen-bond donors (Lipinski definition) is 2. The number of amides is 3. The summed E-state index contributed by atoms with van der Waals surface area (Å²) >= 11 is 0. The number of carbonyl (C=O) groups is 4. The van der Waals surface area contributed by atoms with E-state index in [1.54, 1.807) is 11.8 Å². The highest BCUT2D eigenvalue weighted by Crippen LogP contribution is 2.43. The maximum Gasteiger partial charge on any atom is 0.329 e. The van der Waals surface area contributed by atoms with Gasteiger partial charge in [-0.1, -0.05) is 48.0 Å². The third-order valence-electron chi connectivity index (χ3n) is 7.30. The lowest BCUT2D eigenvalue weighted by Crippen LogP contribution is -2.62. The van der Waals surface area contributed by atoms with Gasteiger partial charge in [-0.2, -0.15) is 0 Å². The molecule has 2 N–H and O–H groups in total. The molecule has 10 nitrogen and oxygen atoms in total. The molecular formula is C27H41N5O5. The van der Waals surface area contributed by atoms with Crippen molar-refractivity contribution in [3.05, 3.63) is 24.3 Å². The van der Waals surface area contributed by atoms with Gasteiger partial charge >= 0.3 is 5.97 Å². The first kappa shape index (κ1) is 28.5. The van der Waals surface area contributed by atoms with Crippen LogP contribution in [0, 0.1) is 22.7 Å². The van der Waals surface area contributed by atoms with Crippen molar-refractivity contribution in [3.8, 4) is 0 Å². The van der Waals surface area contributed by atoms with E-state index in [4.69, 9.17) is 4.74 Å². The number of carbonyl (C=O) groups excluding carboxylic acids is 4. The number of esters is 1. The van der Waals surface area contributed by atoms with Gasteiger partial charge in [-0.05, 0) is 42.4 Å². The van der Waals surface area contributed by atoms with E-state index >= 15 is 0 Å². The number of rotatable bonds is 7. The molecule has 2 heterocycles. The van der Waals surface area contributed by atoms with Crippen LogP contribution in [0.5, 0.6) is 0 Å². The summed E-state index contributed by atoms with van der Waals surface area (Å²) in [5.74, 6) is -1.37.